The van der Waals surface area contributed by atoms with Crippen LogP contribution in [-0.4, -0.2) is 15.0 Å². The highest BCUT2D eigenvalue weighted by molar-refractivity contribution is 5.19. The van der Waals surface area contributed by atoms with Crippen LogP contribution in [0.25, 0.3) is 0 Å². The van der Waals surface area contributed by atoms with Crippen molar-refractivity contribution in [2.24, 2.45) is 17.8 Å². The van der Waals surface area contributed by atoms with Crippen LogP contribution in [0.4, 0.5) is 5.82 Å². The fourth-order valence-electron chi connectivity index (χ4n) is 2.43. The lowest BCUT2D eigenvalue weighted by Crippen LogP contribution is -2.00. The molecule has 0 aromatic carbocycles. The van der Waals surface area contributed by atoms with Gasteiger partial charge in [0.2, 0.25) is 0 Å². The van der Waals surface area contributed by atoms with Crippen LogP contribution >= 0.6 is 0 Å². The van der Waals surface area contributed by atoms with Crippen LogP contribution < -0.4 is 5.73 Å². The fraction of sp³-hybridized carbons (Fsp3) is 0.800. The highest BCUT2D eigenvalue weighted by Crippen LogP contribution is 2.55. The molecule has 0 bridgehead atoms. The molecule has 1 aromatic heterocycles. The van der Waals surface area contributed by atoms with Gasteiger partial charge in [-0.15, -0.1) is 5.10 Å². The number of hydrogen-bond donors (Lipinski definition) is 1. The maximum absolute atomic E-state index is 5.49. The predicted octanol–water partition coefficient (Wildman–Crippen LogP) is 1.30. The minimum Gasteiger partial charge on any atom is -0.381 e. The van der Waals surface area contributed by atoms with Gasteiger partial charge >= 0.3 is 0 Å². The van der Waals surface area contributed by atoms with Crippen LogP contribution in [0, 0.1) is 17.8 Å². The molecule has 3 rings (SSSR count). The number of nitrogens with zero attached hydrogens (tertiary/aromatic N) is 3. The van der Waals surface area contributed by atoms with Crippen molar-refractivity contribution in [2.45, 2.75) is 32.2 Å². The second-order valence-electron chi connectivity index (χ2n) is 4.69. The Balaban J connectivity index is 1.46. The van der Waals surface area contributed by atoms with Crippen molar-refractivity contribution >= 4 is 5.82 Å². The molecule has 0 radical (unpaired) electrons. The van der Waals surface area contributed by atoms with Gasteiger partial charge < -0.3 is 5.73 Å². The summed E-state index contributed by atoms with van der Waals surface area (Å²) in [4.78, 5) is 0. The largest absolute Gasteiger partial charge is 0.381 e. The lowest BCUT2D eigenvalue weighted by Gasteiger charge is -1.98. The van der Waals surface area contributed by atoms with Gasteiger partial charge in [-0.3, -0.25) is 4.68 Å². The third kappa shape index (κ3) is 1.61. The summed E-state index contributed by atoms with van der Waals surface area (Å²) in [6.07, 6.45) is 7.49. The van der Waals surface area contributed by atoms with Crippen LogP contribution in [-0.2, 0) is 6.54 Å². The average molecular weight is 192 g/mol. The van der Waals surface area contributed by atoms with Gasteiger partial charge in [-0.25, -0.2) is 0 Å². The summed E-state index contributed by atoms with van der Waals surface area (Å²) >= 11 is 0. The SMILES string of the molecule is Nc1cn(CC[C@@H]2C[C@H]2C2CC2)nn1. The van der Waals surface area contributed by atoms with Crippen molar-refractivity contribution in [1.82, 2.24) is 15.0 Å². The minimum absolute atomic E-state index is 0.527. The quantitative estimate of drug-likeness (QED) is 0.782. The van der Waals surface area contributed by atoms with E-state index in [-0.39, 0.29) is 0 Å². The van der Waals surface area contributed by atoms with Gasteiger partial charge in [0.05, 0.1) is 6.20 Å². The summed E-state index contributed by atoms with van der Waals surface area (Å²) in [5.41, 5.74) is 5.49. The van der Waals surface area contributed by atoms with Gasteiger partial charge in [0.25, 0.3) is 0 Å². The van der Waals surface area contributed by atoms with Crippen molar-refractivity contribution in [2.75, 3.05) is 5.73 Å². The number of rotatable bonds is 4. The van der Waals surface area contributed by atoms with Crippen LogP contribution in [0.15, 0.2) is 6.20 Å². The van der Waals surface area contributed by atoms with Crippen molar-refractivity contribution in [3.05, 3.63) is 6.20 Å². The Hall–Kier alpha value is -1.06. The first-order valence-corrected chi connectivity index (χ1v) is 5.48. The third-order valence-corrected chi connectivity index (χ3v) is 3.49. The normalized spacial score (nSPS) is 30.6. The highest BCUT2D eigenvalue weighted by atomic mass is 15.4. The molecule has 0 amide bonds. The highest BCUT2D eigenvalue weighted by Gasteiger charge is 2.46. The van der Waals surface area contributed by atoms with Crippen LogP contribution in [0.1, 0.15) is 25.7 Å². The third-order valence-electron chi connectivity index (χ3n) is 3.49. The molecule has 0 spiro atoms. The molecule has 2 atom stereocenters. The van der Waals surface area contributed by atoms with E-state index < -0.39 is 0 Å². The van der Waals surface area contributed by atoms with E-state index in [0.29, 0.717) is 5.82 Å². The van der Waals surface area contributed by atoms with Gasteiger partial charge in [0.1, 0.15) is 0 Å². The molecule has 0 unspecified atom stereocenters. The molecule has 1 heterocycles. The number of aromatic nitrogens is 3. The maximum atomic E-state index is 5.49. The Labute approximate surface area is 83.5 Å². The molecule has 4 nitrogen and oxygen atoms in total. The molecule has 2 saturated carbocycles. The van der Waals surface area contributed by atoms with E-state index in [1.165, 1.54) is 25.7 Å². The summed E-state index contributed by atoms with van der Waals surface area (Å²) in [5, 5.41) is 7.71. The monoisotopic (exact) mass is 192 g/mol. The first kappa shape index (κ1) is 8.26. The number of aryl methyl sites for hydroxylation is 1. The molecular weight excluding hydrogens is 176 g/mol. The molecule has 2 fully saturated rings. The van der Waals surface area contributed by atoms with Crippen LogP contribution in [0.2, 0.25) is 0 Å². The Morgan fingerprint density at radius 3 is 3.00 bits per heavy atom. The second kappa shape index (κ2) is 2.97. The van der Waals surface area contributed by atoms with E-state index in [1.54, 1.807) is 0 Å². The predicted molar refractivity (Wildman–Crippen MR) is 53.4 cm³/mol. The maximum Gasteiger partial charge on any atom is 0.165 e. The number of nitrogen functional groups attached to an aromatic ring is 1. The van der Waals surface area contributed by atoms with Crippen LogP contribution in [0.5, 0.6) is 0 Å². The minimum atomic E-state index is 0.527. The van der Waals surface area contributed by atoms with Crippen molar-refractivity contribution < 1.29 is 0 Å². The summed E-state index contributed by atoms with van der Waals surface area (Å²) in [5.74, 6) is 3.63. The van der Waals surface area contributed by atoms with Crippen LogP contribution in [0.3, 0.4) is 0 Å². The number of hydrogen-bond acceptors (Lipinski definition) is 3. The topological polar surface area (TPSA) is 56.7 Å². The van der Waals surface area contributed by atoms with E-state index in [4.69, 9.17) is 5.73 Å². The average Bonchev–Trinajstić information content (AvgIpc) is 3.03. The zero-order chi connectivity index (χ0) is 9.54. The molecule has 2 N–H and O–H groups in total. The van der Waals surface area contributed by atoms with Crippen molar-refractivity contribution in [1.29, 1.82) is 0 Å². The molecule has 76 valence electrons. The Bertz CT molecular complexity index is 329. The Kier molecular flexibility index (Phi) is 1.75. The van der Waals surface area contributed by atoms with Gasteiger partial charge in [0.15, 0.2) is 5.82 Å². The standard InChI is InChI=1S/C10H16N4/c11-10-6-14(13-12-10)4-3-8-5-9(8)7-1-2-7/h6-9H,1-5,11H2/t8-,9+/m1/s1. The first-order valence-electron chi connectivity index (χ1n) is 5.48. The van der Waals surface area contributed by atoms with E-state index in [2.05, 4.69) is 10.3 Å². The van der Waals surface area contributed by atoms with Crippen molar-refractivity contribution in [3.63, 3.8) is 0 Å². The second-order valence-corrected chi connectivity index (χ2v) is 4.69. The smallest absolute Gasteiger partial charge is 0.165 e. The molecule has 0 saturated heterocycles. The number of nitrogens with two attached hydrogens (primary N) is 1. The van der Waals surface area contributed by atoms with Gasteiger partial charge in [-0.1, -0.05) is 5.21 Å². The summed E-state index contributed by atoms with van der Waals surface area (Å²) < 4.78 is 1.86. The first-order chi connectivity index (χ1) is 6.83. The van der Waals surface area contributed by atoms with Gasteiger partial charge in [-0.2, -0.15) is 0 Å². The number of anilines is 1. The lowest BCUT2D eigenvalue weighted by molar-refractivity contribution is 0.499. The molecule has 14 heavy (non-hydrogen) atoms. The van der Waals surface area contributed by atoms with Gasteiger partial charge in [-0.05, 0) is 43.4 Å². The fourth-order valence-corrected chi connectivity index (χ4v) is 2.43. The molecule has 1 aromatic rings. The van der Waals surface area contributed by atoms with E-state index in [0.717, 1.165) is 24.3 Å². The zero-order valence-corrected chi connectivity index (χ0v) is 8.26. The van der Waals surface area contributed by atoms with Gasteiger partial charge in [0, 0.05) is 6.54 Å². The van der Waals surface area contributed by atoms with E-state index >= 15 is 0 Å². The molecule has 4 heteroatoms. The molecular formula is C10H16N4. The molecule has 2 aliphatic carbocycles. The zero-order valence-electron chi connectivity index (χ0n) is 8.26. The lowest BCUT2D eigenvalue weighted by atomic mass is 10.2. The summed E-state index contributed by atoms with van der Waals surface area (Å²) in [6.45, 7) is 0.984. The summed E-state index contributed by atoms with van der Waals surface area (Å²) in [7, 11) is 0. The van der Waals surface area contributed by atoms with E-state index in [9.17, 15) is 0 Å². The van der Waals surface area contributed by atoms with Crippen molar-refractivity contribution in [3.8, 4) is 0 Å². The molecule has 0 aliphatic heterocycles. The van der Waals surface area contributed by atoms with E-state index in [1.807, 2.05) is 10.9 Å². The Morgan fingerprint density at radius 1 is 1.50 bits per heavy atom. The Morgan fingerprint density at radius 2 is 2.36 bits per heavy atom. The molecule has 2 aliphatic rings. The summed E-state index contributed by atoms with van der Waals surface area (Å²) in [6, 6.07) is 0.